The molecular weight excluding hydrogens is 330 g/mol. The molecule has 0 atom stereocenters. The van der Waals surface area contributed by atoms with Crippen LogP contribution in [0.4, 0.5) is 8.78 Å². The van der Waals surface area contributed by atoms with Crippen molar-refractivity contribution in [3.63, 3.8) is 0 Å². The molecule has 0 spiro atoms. The Kier molecular flexibility index (Phi) is 4.13. The van der Waals surface area contributed by atoms with E-state index in [4.69, 9.17) is 0 Å². The maximum Gasteiger partial charge on any atom is 0.181 e. The van der Waals surface area contributed by atoms with Gasteiger partial charge in [-0.1, -0.05) is 42.0 Å². The molecule has 0 aliphatic heterocycles. The largest absolute Gasteiger partial charge is 0.224 e. The molecule has 0 bridgehead atoms. The fraction of sp³-hybridized carbons (Fsp3) is 0.158. The van der Waals surface area contributed by atoms with Crippen LogP contribution in [0.1, 0.15) is 23.1 Å². The van der Waals surface area contributed by atoms with Crippen molar-refractivity contribution in [2.75, 3.05) is 6.26 Å². The van der Waals surface area contributed by atoms with Gasteiger partial charge in [0, 0.05) is 6.26 Å². The fourth-order valence-corrected chi connectivity index (χ4v) is 3.69. The van der Waals surface area contributed by atoms with Gasteiger partial charge in [0.25, 0.3) is 0 Å². The summed E-state index contributed by atoms with van der Waals surface area (Å²) in [6.07, 6.45) is 5.32. The molecule has 0 radical (unpaired) electrons. The molecule has 0 unspecified atom stereocenters. The minimum atomic E-state index is -3.96. The van der Waals surface area contributed by atoms with Gasteiger partial charge in [-0.2, -0.15) is 0 Å². The van der Waals surface area contributed by atoms with Crippen LogP contribution in [-0.2, 0) is 9.84 Å². The summed E-state index contributed by atoms with van der Waals surface area (Å²) in [5, 5.41) is 0. The van der Waals surface area contributed by atoms with E-state index in [0.717, 1.165) is 35.1 Å². The van der Waals surface area contributed by atoms with Crippen LogP contribution in [0.5, 0.6) is 0 Å². The summed E-state index contributed by atoms with van der Waals surface area (Å²) in [5.74, 6) is -2.13. The third kappa shape index (κ3) is 3.04. The van der Waals surface area contributed by atoms with E-state index in [9.17, 15) is 17.2 Å². The van der Waals surface area contributed by atoms with Crippen LogP contribution in [0.3, 0.4) is 0 Å². The molecule has 124 valence electrons. The van der Waals surface area contributed by atoms with Crippen LogP contribution >= 0.6 is 0 Å². The van der Waals surface area contributed by atoms with Crippen LogP contribution in [0.15, 0.2) is 53.4 Å². The van der Waals surface area contributed by atoms with Crippen molar-refractivity contribution in [2.24, 2.45) is 0 Å². The molecule has 2 nitrogen and oxygen atoms in total. The van der Waals surface area contributed by atoms with E-state index < -0.39 is 26.4 Å². The highest BCUT2D eigenvalue weighted by atomic mass is 32.2. The molecule has 0 heterocycles. The Bertz CT molecular complexity index is 946. The van der Waals surface area contributed by atoms with E-state index in [1.54, 1.807) is 0 Å². The second-order valence-electron chi connectivity index (χ2n) is 5.88. The molecule has 0 saturated heterocycles. The van der Waals surface area contributed by atoms with Crippen molar-refractivity contribution in [1.29, 1.82) is 0 Å². The standard InChI is InChI=1S/C19H16F2O2S/c1-12-6-8-13(9-7-12)15-4-3-5-16(15)14-10-17(20)19(18(21)11-14)24(2,22)23/h4-11H,3H2,1-2H3. The van der Waals surface area contributed by atoms with E-state index in [-0.39, 0.29) is 0 Å². The summed E-state index contributed by atoms with van der Waals surface area (Å²) in [4.78, 5) is -0.884. The maximum absolute atomic E-state index is 14.2. The molecule has 1 aliphatic carbocycles. The minimum absolute atomic E-state index is 0.335. The van der Waals surface area contributed by atoms with Gasteiger partial charge in [-0.25, -0.2) is 17.2 Å². The molecule has 1 aliphatic rings. The highest BCUT2D eigenvalue weighted by molar-refractivity contribution is 7.90. The first kappa shape index (κ1) is 16.6. The maximum atomic E-state index is 14.2. The van der Waals surface area contributed by atoms with Gasteiger partial charge >= 0.3 is 0 Å². The lowest BCUT2D eigenvalue weighted by Crippen LogP contribution is -2.05. The first-order chi connectivity index (χ1) is 11.3. The van der Waals surface area contributed by atoms with Crippen LogP contribution in [0, 0.1) is 18.6 Å². The lowest BCUT2D eigenvalue weighted by Gasteiger charge is -2.12. The summed E-state index contributed by atoms with van der Waals surface area (Å²) in [5.41, 5.74) is 4.01. The molecule has 24 heavy (non-hydrogen) atoms. The van der Waals surface area contributed by atoms with Crippen molar-refractivity contribution >= 4 is 21.0 Å². The van der Waals surface area contributed by atoms with Crippen LogP contribution < -0.4 is 0 Å². The van der Waals surface area contributed by atoms with Crippen molar-refractivity contribution in [2.45, 2.75) is 18.2 Å². The molecule has 0 amide bonds. The van der Waals surface area contributed by atoms with Gasteiger partial charge in [0.15, 0.2) is 9.84 Å². The van der Waals surface area contributed by atoms with Crippen molar-refractivity contribution in [3.8, 4) is 0 Å². The number of halogens is 2. The highest BCUT2D eigenvalue weighted by Crippen LogP contribution is 2.37. The predicted octanol–water partition coefficient (Wildman–Crippen LogP) is 4.55. The topological polar surface area (TPSA) is 34.1 Å². The van der Waals surface area contributed by atoms with Gasteiger partial charge < -0.3 is 0 Å². The lowest BCUT2D eigenvalue weighted by atomic mass is 9.94. The van der Waals surface area contributed by atoms with E-state index in [2.05, 4.69) is 0 Å². The first-order valence-electron chi connectivity index (χ1n) is 7.44. The molecular formula is C19H16F2O2S. The minimum Gasteiger partial charge on any atom is -0.224 e. The monoisotopic (exact) mass is 346 g/mol. The van der Waals surface area contributed by atoms with Gasteiger partial charge in [0.2, 0.25) is 0 Å². The summed E-state index contributed by atoms with van der Waals surface area (Å²) in [7, 11) is -3.96. The first-order valence-corrected chi connectivity index (χ1v) is 9.33. The zero-order chi connectivity index (χ0) is 17.5. The summed E-state index contributed by atoms with van der Waals surface area (Å²) >= 11 is 0. The van der Waals surface area contributed by atoms with Crippen LogP contribution in [0.25, 0.3) is 11.1 Å². The van der Waals surface area contributed by atoms with Gasteiger partial charge in [0.1, 0.15) is 16.5 Å². The van der Waals surface area contributed by atoms with E-state index in [1.165, 1.54) is 0 Å². The normalized spacial score (nSPS) is 14.5. The van der Waals surface area contributed by atoms with Crippen molar-refractivity contribution < 1.29 is 17.2 Å². The Morgan fingerprint density at radius 2 is 1.38 bits per heavy atom. The summed E-state index contributed by atoms with van der Waals surface area (Å²) in [6.45, 7) is 1.98. The second-order valence-corrected chi connectivity index (χ2v) is 7.83. The summed E-state index contributed by atoms with van der Waals surface area (Å²) < 4.78 is 51.4. The van der Waals surface area contributed by atoms with Gasteiger partial charge in [-0.3, -0.25) is 0 Å². The van der Waals surface area contributed by atoms with Gasteiger partial charge in [-0.05, 0) is 47.8 Å². The zero-order valence-corrected chi connectivity index (χ0v) is 14.1. The summed E-state index contributed by atoms with van der Waals surface area (Å²) in [6, 6.07) is 10.0. The van der Waals surface area contributed by atoms with Crippen LogP contribution in [-0.4, -0.2) is 14.7 Å². The molecule has 2 aromatic carbocycles. The van der Waals surface area contributed by atoms with E-state index in [1.807, 2.05) is 43.3 Å². The Morgan fingerprint density at radius 3 is 1.88 bits per heavy atom. The average molecular weight is 346 g/mol. The average Bonchev–Trinajstić information content (AvgIpc) is 2.95. The number of allylic oxidation sites excluding steroid dienone is 4. The number of aryl methyl sites for hydroxylation is 1. The number of sulfone groups is 1. The molecule has 0 fully saturated rings. The predicted molar refractivity (Wildman–Crippen MR) is 91.2 cm³/mol. The van der Waals surface area contributed by atoms with Crippen LogP contribution in [0.2, 0.25) is 0 Å². The molecule has 0 saturated carbocycles. The van der Waals surface area contributed by atoms with Crippen molar-refractivity contribution in [1.82, 2.24) is 0 Å². The Hall–Kier alpha value is -2.27. The quantitative estimate of drug-likeness (QED) is 0.817. The smallest absolute Gasteiger partial charge is 0.181 e. The lowest BCUT2D eigenvalue weighted by molar-refractivity contribution is 0.521. The van der Waals surface area contributed by atoms with E-state index >= 15 is 0 Å². The highest BCUT2D eigenvalue weighted by Gasteiger charge is 2.23. The Balaban J connectivity index is 2.07. The Morgan fingerprint density at radius 1 is 0.875 bits per heavy atom. The number of benzene rings is 2. The molecule has 3 rings (SSSR count). The van der Waals surface area contributed by atoms with E-state index in [0.29, 0.717) is 17.6 Å². The number of hydrogen-bond acceptors (Lipinski definition) is 2. The zero-order valence-electron chi connectivity index (χ0n) is 13.3. The Labute approximate surface area is 140 Å². The third-order valence-corrected chi connectivity index (χ3v) is 5.11. The van der Waals surface area contributed by atoms with Gasteiger partial charge in [-0.15, -0.1) is 0 Å². The molecule has 0 N–H and O–H groups in total. The SMILES string of the molecule is Cc1ccc(C2=CCC=C2c2cc(F)c(S(C)(=O)=O)c(F)c2)cc1. The fourth-order valence-electron chi connectivity index (χ4n) is 2.86. The molecule has 0 aromatic heterocycles. The van der Waals surface area contributed by atoms with Crippen molar-refractivity contribution in [3.05, 3.63) is 76.9 Å². The number of hydrogen-bond donors (Lipinski definition) is 0. The third-order valence-electron chi connectivity index (χ3n) is 3.98. The molecule has 2 aromatic rings. The second kappa shape index (κ2) is 5.98. The van der Waals surface area contributed by atoms with Gasteiger partial charge in [0.05, 0.1) is 0 Å². The number of rotatable bonds is 3. The molecule has 5 heteroatoms.